The topological polar surface area (TPSA) is 61.9 Å². The highest BCUT2D eigenvalue weighted by Gasteiger charge is 1.81. The van der Waals surface area contributed by atoms with Crippen LogP contribution in [0.3, 0.4) is 0 Å². The molecule has 44 valence electrons. The van der Waals surface area contributed by atoms with Crippen LogP contribution in [0.1, 0.15) is 6.42 Å². The maximum absolute atomic E-state index is 6.67. The largest absolute Gasteiger partial charge is 0.370 e. The van der Waals surface area contributed by atoms with Gasteiger partial charge in [-0.2, -0.15) is 0 Å². The second-order valence-electron chi connectivity index (χ2n) is 1.29. The van der Waals surface area contributed by atoms with Crippen molar-refractivity contribution in [2.24, 2.45) is 5.73 Å². The van der Waals surface area contributed by atoms with Crippen LogP contribution in [0.25, 0.3) is 0 Å². The quantitative estimate of drug-likeness (QED) is 0.194. The van der Waals surface area contributed by atoms with Gasteiger partial charge in [-0.3, -0.25) is 5.41 Å². The van der Waals surface area contributed by atoms with Gasteiger partial charge in [0.1, 0.15) is 0 Å². The molecule has 0 fully saturated rings. The van der Waals surface area contributed by atoms with Crippen molar-refractivity contribution in [3.8, 4) is 12.3 Å². The van der Waals surface area contributed by atoms with Crippen molar-refractivity contribution < 1.29 is 0 Å². The second-order valence-corrected chi connectivity index (χ2v) is 1.29. The first kappa shape index (κ1) is 6.83. The third kappa shape index (κ3) is 4.83. The van der Waals surface area contributed by atoms with Crippen LogP contribution in [-0.2, 0) is 0 Å². The predicted octanol–water partition coefficient (Wildman–Crippen LogP) is -0.507. The molecule has 0 saturated heterocycles. The minimum atomic E-state index is -0.0275. The van der Waals surface area contributed by atoms with E-state index < -0.39 is 0 Å². The normalized spacial score (nSPS) is 7.38. The maximum atomic E-state index is 6.67. The van der Waals surface area contributed by atoms with E-state index in [9.17, 15) is 0 Å². The molecule has 0 saturated carbocycles. The van der Waals surface area contributed by atoms with E-state index in [1.165, 1.54) is 0 Å². The molecule has 3 nitrogen and oxygen atoms in total. The molecule has 0 rings (SSSR count). The molecule has 0 aliphatic rings. The van der Waals surface area contributed by atoms with E-state index in [0.717, 1.165) is 0 Å². The smallest absolute Gasteiger partial charge is 0.185 e. The Morgan fingerprint density at radius 2 is 2.50 bits per heavy atom. The summed E-state index contributed by atoms with van der Waals surface area (Å²) in [6.07, 6.45) is 5.52. The Morgan fingerprint density at radius 3 is 2.88 bits per heavy atom. The molecule has 0 atom stereocenters. The van der Waals surface area contributed by atoms with Gasteiger partial charge in [-0.15, -0.1) is 12.3 Å². The van der Waals surface area contributed by atoms with Crippen LogP contribution in [0.15, 0.2) is 0 Å². The molecule has 0 aromatic carbocycles. The molecule has 0 bridgehead atoms. The van der Waals surface area contributed by atoms with Gasteiger partial charge in [0, 0.05) is 13.0 Å². The van der Waals surface area contributed by atoms with Crippen LogP contribution in [0, 0.1) is 17.8 Å². The second kappa shape index (κ2) is 4.00. The summed E-state index contributed by atoms with van der Waals surface area (Å²) in [4.78, 5) is 0. The Bertz CT molecular complexity index is 111. The van der Waals surface area contributed by atoms with Crippen molar-refractivity contribution in [3.63, 3.8) is 0 Å². The Hall–Kier alpha value is -1.17. The molecule has 8 heavy (non-hydrogen) atoms. The van der Waals surface area contributed by atoms with Crippen molar-refractivity contribution in [1.29, 1.82) is 5.41 Å². The van der Waals surface area contributed by atoms with Crippen molar-refractivity contribution >= 4 is 5.96 Å². The lowest BCUT2D eigenvalue weighted by atomic mass is 10.4. The third-order valence-corrected chi connectivity index (χ3v) is 0.585. The number of nitrogens with two attached hydrogens (primary N) is 1. The molecule has 0 spiro atoms. The van der Waals surface area contributed by atoms with Gasteiger partial charge >= 0.3 is 0 Å². The Morgan fingerprint density at radius 1 is 1.88 bits per heavy atom. The first-order valence-electron chi connectivity index (χ1n) is 2.28. The number of guanidine groups is 1. The molecule has 0 amide bonds. The van der Waals surface area contributed by atoms with E-state index in [1.54, 1.807) is 0 Å². The van der Waals surface area contributed by atoms with Gasteiger partial charge < -0.3 is 11.1 Å². The average molecular weight is 111 g/mol. The number of terminal acetylenes is 1. The van der Waals surface area contributed by atoms with Crippen molar-refractivity contribution in [2.75, 3.05) is 6.54 Å². The fourth-order valence-electron chi connectivity index (χ4n) is 0.269. The van der Waals surface area contributed by atoms with E-state index in [1.807, 2.05) is 0 Å². The van der Waals surface area contributed by atoms with Gasteiger partial charge in [0.25, 0.3) is 0 Å². The van der Waals surface area contributed by atoms with Gasteiger partial charge in [-0.05, 0) is 0 Å². The fraction of sp³-hybridized carbons (Fsp3) is 0.400. The lowest BCUT2D eigenvalue weighted by Crippen LogP contribution is -2.30. The lowest BCUT2D eigenvalue weighted by molar-refractivity contribution is 0.889. The molecule has 3 heteroatoms. The Balaban J connectivity index is 2.97. The van der Waals surface area contributed by atoms with Crippen molar-refractivity contribution in [3.05, 3.63) is 0 Å². The summed E-state index contributed by atoms with van der Waals surface area (Å²) in [5.74, 6) is 2.38. The summed E-state index contributed by atoms with van der Waals surface area (Å²) in [5, 5.41) is 9.24. The van der Waals surface area contributed by atoms with E-state index in [2.05, 4.69) is 11.2 Å². The Labute approximate surface area is 48.8 Å². The van der Waals surface area contributed by atoms with Crippen LogP contribution in [0.4, 0.5) is 0 Å². The fourth-order valence-corrected chi connectivity index (χ4v) is 0.269. The summed E-state index contributed by atoms with van der Waals surface area (Å²) in [7, 11) is 0. The zero-order valence-corrected chi connectivity index (χ0v) is 4.57. The van der Waals surface area contributed by atoms with Crippen LogP contribution in [0.2, 0.25) is 0 Å². The van der Waals surface area contributed by atoms with Crippen LogP contribution in [-0.4, -0.2) is 12.5 Å². The van der Waals surface area contributed by atoms with E-state index >= 15 is 0 Å². The average Bonchev–Trinajstić information content (AvgIpc) is 1.66. The van der Waals surface area contributed by atoms with Gasteiger partial charge in [0.15, 0.2) is 5.96 Å². The molecule has 4 N–H and O–H groups in total. The zero-order chi connectivity index (χ0) is 6.41. The highest BCUT2D eigenvalue weighted by molar-refractivity contribution is 5.74. The highest BCUT2D eigenvalue weighted by atomic mass is 15.0. The third-order valence-electron chi connectivity index (χ3n) is 0.585. The number of rotatable bonds is 2. The molecule has 0 radical (unpaired) electrons. The van der Waals surface area contributed by atoms with Crippen molar-refractivity contribution in [2.45, 2.75) is 6.42 Å². The summed E-state index contributed by atoms with van der Waals surface area (Å²) < 4.78 is 0. The monoisotopic (exact) mass is 111 g/mol. The molecule has 0 aromatic rings. The standard InChI is InChI=1S/C5H9N3/c1-2-3-4-8-5(6)7/h1H,3-4H2,(H4,6,7,8). The highest BCUT2D eigenvalue weighted by Crippen LogP contribution is 1.66. The van der Waals surface area contributed by atoms with Gasteiger partial charge in [-0.1, -0.05) is 0 Å². The molecule has 0 aromatic heterocycles. The molecule has 0 unspecified atom stereocenters. The van der Waals surface area contributed by atoms with Crippen molar-refractivity contribution in [1.82, 2.24) is 5.32 Å². The summed E-state index contributed by atoms with van der Waals surface area (Å²) in [5.41, 5.74) is 4.94. The van der Waals surface area contributed by atoms with E-state index in [0.29, 0.717) is 13.0 Å². The maximum Gasteiger partial charge on any atom is 0.185 e. The van der Waals surface area contributed by atoms with Gasteiger partial charge in [0.2, 0.25) is 0 Å². The summed E-state index contributed by atoms with van der Waals surface area (Å²) >= 11 is 0. The van der Waals surface area contributed by atoms with Crippen LogP contribution >= 0.6 is 0 Å². The van der Waals surface area contributed by atoms with E-state index in [4.69, 9.17) is 17.6 Å². The Kier molecular flexibility index (Phi) is 3.42. The SMILES string of the molecule is C#CCCNC(=N)N. The molecule has 0 aliphatic carbocycles. The van der Waals surface area contributed by atoms with E-state index in [-0.39, 0.29) is 5.96 Å². The first-order valence-corrected chi connectivity index (χ1v) is 2.28. The van der Waals surface area contributed by atoms with Gasteiger partial charge in [-0.25, -0.2) is 0 Å². The molecular weight excluding hydrogens is 102 g/mol. The number of hydrogen-bond acceptors (Lipinski definition) is 1. The van der Waals surface area contributed by atoms with Crippen LogP contribution in [0.5, 0.6) is 0 Å². The summed E-state index contributed by atoms with van der Waals surface area (Å²) in [6.45, 7) is 0.589. The molecular formula is C5H9N3. The molecule has 0 heterocycles. The minimum absolute atomic E-state index is 0.0275. The lowest BCUT2D eigenvalue weighted by Gasteiger charge is -1.96. The number of nitrogens with one attached hydrogen (secondary N) is 2. The predicted molar refractivity (Wildman–Crippen MR) is 33.4 cm³/mol. The first-order chi connectivity index (χ1) is 3.77. The summed E-state index contributed by atoms with van der Waals surface area (Å²) in [6, 6.07) is 0. The zero-order valence-electron chi connectivity index (χ0n) is 4.57. The minimum Gasteiger partial charge on any atom is -0.370 e. The van der Waals surface area contributed by atoms with Gasteiger partial charge in [0.05, 0.1) is 0 Å². The molecule has 0 aliphatic heterocycles. The number of hydrogen-bond donors (Lipinski definition) is 3. The van der Waals surface area contributed by atoms with Crippen LogP contribution < -0.4 is 11.1 Å².